The van der Waals surface area contributed by atoms with Crippen LogP contribution in [-0.4, -0.2) is 22.2 Å². The number of hydrogen-bond acceptors (Lipinski definition) is 6. The molecule has 0 spiro atoms. The fourth-order valence-electron chi connectivity index (χ4n) is 2.47. The van der Waals surface area contributed by atoms with Crippen LogP contribution in [0.1, 0.15) is 60.6 Å². The van der Waals surface area contributed by atoms with E-state index in [1.807, 2.05) is 0 Å². The number of aliphatic hydroxyl groups excluding tert-OH is 1. The van der Waals surface area contributed by atoms with Crippen LogP contribution in [0.5, 0.6) is 5.88 Å². The number of aromatic nitrogens is 1. The van der Waals surface area contributed by atoms with E-state index in [-0.39, 0.29) is 6.10 Å². The Hall–Kier alpha value is -0.690. The van der Waals surface area contributed by atoms with Crippen LogP contribution in [0.25, 0.3) is 0 Å². The molecule has 0 amide bonds. The summed E-state index contributed by atoms with van der Waals surface area (Å²) in [6.07, 6.45) is 5.43. The van der Waals surface area contributed by atoms with Gasteiger partial charge in [-0.2, -0.15) is 0 Å². The highest BCUT2D eigenvalue weighted by molar-refractivity contribution is 7.12. The summed E-state index contributed by atoms with van der Waals surface area (Å²) in [5.41, 5.74) is 11.5. The van der Waals surface area contributed by atoms with E-state index in [1.165, 1.54) is 24.2 Å². The number of hydrogen-bond donors (Lipinski definition) is 3. The molecular formula is C13H21N3O2S. The van der Waals surface area contributed by atoms with Crippen LogP contribution in [0.4, 0.5) is 0 Å². The zero-order chi connectivity index (χ0) is 13.4. The third-order valence-corrected chi connectivity index (χ3v) is 5.10. The molecule has 106 valence electrons. The van der Waals surface area contributed by atoms with Gasteiger partial charge in [-0.1, -0.05) is 0 Å². The van der Waals surface area contributed by atoms with Gasteiger partial charge in [-0.05, 0) is 38.5 Å². The fourth-order valence-corrected chi connectivity index (χ4v) is 3.53. The highest BCUT2D eigenvalue weighted by atomic mass is 32.1. The minimum absolute atomic E-state index is 0.159. The molecule has 6 heteroatoms. The molecule has 2 saturated carbocycles. The van der Waals surface area contributed by atoms with E-state index in [1.54, 1.807) is 0 Å². The summed E-state index contributed by atoms with van der Waals surface area (Å²) in [6.45, 7) is 0. The van der Waals surface area contributed by atoms with Crippen molar-refractivity contribution in [1.82, 2.24) is 4.98 Å². The summed E-state index contributed by atoms with van der Waals surface area (Å²) >= 11 is 1.49. The number of rotatable bonds is 4. The maximum Gasteiger partial charge on any atom is 0.232 e. The molecule has 19 heavy (non-hydrogen) atoms. The Morgan fingerprint density at radius 1 is 1.21 bits per heavy atom. The zero-order valence-corrected chi connectivity index (χ0v) is 11.7. The van der Waals surface area contributed by atoms with Gasteiger partial charge < -0.3 is 21.3 Å². The van der Waals surface area contributed by atoms with E-state index in [0.29, 0.717) is 22.7 Å². The molecule has 1 atom stereocenters. The second kappa shape index (κ2) is 5.36. The summed E-state index contributed by atoms with van der Waals surface area (Å²) in [7, 11) is 0. The molecule has 1 heterocycles. The molecule has 0 radical (unpaired) electrons. The summed E-state index contributed by atoms with van der Waals surface area (Å²) in [5.74, 6) is 1.10. The van der Waals surface area contributed by atoms with E-state index >= 15 is 0 Å². The van der Waals surface area contributed by atoms with Gasteiger partial charge in [0.05, 0.1) is 0 Å². The molecule has 5 N–H and O–H groups in total. The van der Waals surface area contributed by atoms with Crippen molar-refractivity contribution in [3.8, 4) is 5.88 Å². The van der Waals surface area contributed by atoms with E-state index in [9.17, 15) is 5.11 Å². The molecule has 0 saturated heterocycles. The zero-order valence-electron chi connectivity index (χ0n) is 10.9. The minimum Gasteiger partial charge on any atom is -0.473 e. The van der Waals surface area contributed by atoms with Gasteiger partial charge in [0.1, 0.15) is 22.2 Å². The van der Waals surface area contributed by atoms with Crippen LogP contribution < -0.4 is 16.2 Å². The van der Waals surface area contributed by atoms with Crippen LogP contribution in [0.2, 0.25) is 0 Å². The molecule has 0 aromatic carbocycles. The first-order valence-electron chi connectivity index (χ1n) is 7.00. The lowest BCUT2D eigenvalue weighted by atomic mass is 9.94. The first-order chi connectivity index (χ1) is 9.13. The molecule has 1 unspecified atom stereocenters. The lowest BCUT2D eigenvalue weighted by molar-refractivity contribution is 0.130. The number of nitrogens with zero attached hydrogens (tertiary/aromatic N) is 1. The van der Waals surface area contributed by atoms with E-state index in [0.717, 1.165) is 30.7 Å². The maximum absolute atomic E-state index is 9.64. The van der Waals surface area contributed by atoms with Crippen molar-refractivity contribution in [1.29, 1.82) is 0 Å². The second-order valence-corrected chi connectivity index (χ2v) is 6.66. The molecule has 2 aliphatic carbocycles. The molecule has 0 bridgehead atoms. The number of ether oxygens (including phenoxy) is 1. The summed E-state index contributed by atoms with van der Waals surface area (Å²) in [4.78, 5) is 5.20. The van der Waals surface area contributed by atoms with Gasteiger partial charge in [-0.3, -0.25) is 0 Å². The first-order valence-corrected chi connectivity index (χ1v) is 7.81. The fraction of sp³-hybridized carbons (Fsp3) is 0.769. The van der Waals surface area contributed by atoms with Crippen molar-refractivity contribution in [2.75, 3.05) is 0 Å². The van der Waals surface area contributed by atoms with Crippen LogP contribution in [-0.2, 0) is 0 Å². The Morgan fingerprint density at radius 2 is 1.89 bits per heavy atom. The van der Waals surface area contributed by atoms with Crippen molar-refractivity contribution < 1.29 is 9.84 Å². The average Bonchev–Trinajstić information content (AvgIpc) is 3.14. The van der Waals surface area contributed by atoms with E-state index in [2.05, 4.69) is 4.98 Å². The smallest absolute Gasteiger partial charge is 0.232 e. The number of aliphatic hydroxyl groups is 1. The van der Waals surface area contributed by atoms with Crippen molar-refractivity contribution in [3.63, 3.8) is 0 Å². The molecule has 5 nitrogen and oxygen atoms in total. The predicted molar refractivity (Wildman–Crippen MR) is 74.1 cm³/mol. The van der Waals surface area contributed by atoms with Crippen LogP contribution >= 0.6 is 11.3 Å². The molecule has 2 aliphatic rings. The molecule has 0 aliphatic heterocycles. The first kappa shape index (κ1) is 13.3. The average molecular weight is 283 g/mol. The lowest BCUT2D eigenvalue weighted by Gasteiger charge is -2.26. The molecule has 3 rings (SSSR count). The number of thiazole rings is 1. The van der Waals surface area contributed by atoms with Gasteiger partial charge >= 0.3 is 0 Å². The van der Waals surface area contributed by atoms with Crippen molar-refractivity contribution in [2.24, 2.45) is 11.5 Å². The van der Waals surface area contributed by atoms with Crippen LogP contribution in [0.3, 0.4) is 0 Å². The van der Waals surface area contributed by atoms with Crippen LogP contribution in [0, 0.1) is 0 Å². The Bertz CT molecular complexity index is 437. The third kappa shape index (κ3) is 3.08. The van der Waals surface area contributed by atoms with Gasteiger partial charge in [-0.25, -0.2) is 4.98 Å². The Kier molecular flexibility index (Phi) is 3.75. The summed E-state index contributed by atoms with van der Waals surface area (Å²) in [6, 6.07) is 0.303. The SMILES string of the molecule is NC1CCC(Oc2nc(C3CC3)sc2C(N)O)CC1. The van der Waals surface area contributed by atoms with Crippen molar-refractivity contribution in [2.45, 2.75) is 62.8 Å². The lowest BCUT2D eigenvalue weighted by Crippen LogP contribution is -2.32. The van der Waals surface area contributed by atoms with Crippen molar-refractivity contribution >= 4 is 11.3 Å². The maximum atomic E-state index is 9.64. The summed E-state index contributed by atoms with van der Waals surface area (Å²) < 4.78 is 5.96. The van der Waals surface area contributed by atoms with Gasteiger partial charge in [0.25, 0.3) is 0 Å². The topological polar surface area (TPSA) is 94.4 Å². The standard InChI is InChI=1S/C13H21N3O2S/c14-8-3-5-9(6-4-8)18-12-10(11(15)17)19-13(16-12)7-1-2-7/h7-9,11,17H,1-6,14-15H2. The van der Waals surface area contributed by atoms with E-state index < -0.39 is 6.23 Å². The predicted octanol–water partition coefficient (Wildman–Crippen LogP) is 1.62. The minimum atomic E-state index is -0.995. The van der Waals surface area contributed by atoms with Gasteiger partial charge in [-0.15, -0.1) is 11.3 Å². The normalized spacial score (nSPS) is 29.2. The highest BCUT2D eigenvalue weighted by Crippen LogP contribution is 2.45. The summed E-state index contributed by atoms with van der Waals surface area (Å²) in [5, 5.41) is 10.7. The van der Waals surface area contributed by atoms with Crippen molar-refractivity contribution in [3.05, 3.63) is 9.88 Å². The molecular weight excluding hydrogens is 262 g/mol. The molecule has 1 aromatic heterocycles. The molecule has 1 aromatic rings. The quantitative estimate of drug-likeness (QED) is 0.730. The molecule has 2 fully saturated rings. The Labute approximate surface area is 117 Å². The van der Waals surface area contributed by atoms with Gasteiger partial charge in [0.2, 0.25) is 5.88 Å². The second-order valence-electron chi connectivity index (χ2n) is 5.60. The monoisotopic (exact) mass is 283 g/mol. The number of nitrogens with two attached hydrogens (primary N) is 2. The Morgan fingerprint density at radius 3 is 2.47 bits per heavy atom. The largest absolute Gasteiger partial charge is 0.473 e. The van der Waals surface area contributed by atoms with E-state index in [4.69, 9.17) is 16.2 Å². The van der Waals surface area contributed by atoms with Gasteiger partial charge in [0.15, 0.2) is 0 Å². The Balaban J connectivity index is 1.71. The third-order valence-electron chi connectivity index (χ3n) is 3.83. The van der Waals surface area contributed by atoms with Crippen LogP contribution in [0.15, 0.2) is 0 Å². The highest BCUT2D eigenvalue weighted by Gasteiger charge is 2.31. The van der Waals surface area contributed by atoms with Gasteiger partial charge in [0, 0.05) is 12.0 Å².